The lowest BCUT2D eigenvalue weighted by molar-refractivity contribution is -0.141. The summed E-state index contributed by atoms with van der Waals surface area (Å²) in [6.45, 7) is 0. The molecule has 1 aliphatic carbocycles. The summed E-state index contributed by atoms with van der Waals surface area (Å²) in [5.41, 5.74) is 0.313. The van der Waals surface area contributed by atoms with Gasteiger partial charge in [0, 0.05) is 6.04 Å². The van der Waals surface area contributed by atoms with Crippen molar-refractivity contribution < 1.29 is 14.7 Å². The van der Waals surface area contributed by atoms with Gasteiger partial charge in [0.1, 0.15) is 0 Å². The van der Waals surface area contributed by atoms with Gasteiger partial charge in [0.05, 0.1) is 21.5 Å². The number of halogens is 2. The van der Waals surface area contributed by atoms with Crippen LogP contribution in [0.2, 0.25) is 10.0 Å². The molecule has 0 aliphatic heterocycles. The number of hydrogen-bond acceptors (Lipinski definition) is 2. The molecule has 1 aromatic rings. The van der Waals surface area contributed by atoms with Gasteiger partial charge >= 0.3 is 5.97 Å². The van der Waals surface area contributed by atoms with E-state index < -0.39 is 5.97 Å². The number of aliphatic carboxylic acids is 1. The van der Waals surface area contributed by atoms with E-state index in [9.17, 15) is 9.59 Å². The van der Waals surface area contributed by atoms with E-state index in [1.54, 1.807) is 18.2 Å². The summed E-state index contributed by atoms with van der Waals surface area (Å²) in [5, 5.41) is 12.3. The average Bonchev–Trinajstić information content (AvgIpc) is 2.81. The highest BCUT2D eigenvalue weighted by Crippen LogP contribution is 2.28. The summed E-state index contributed by atoms with van der Waals surface area (Å²) in [5.74, 6) is -1.50. The molecular weight excluding hydrogens is 289 g/mol. The average molecular weight is 302 g/mol. The van der Waals surface area contributed by atoms with Crippen LogP contribution in [-0.4, -0.2) is 23.0 Å². The monoisotopic (exact) mass is 301 g/mol. The van der Waals surface area contributed by atoms with Crippen LogP contribution in [0.4, 0.5) is 0 Å². The number of carbonyl (C=O) groups is 2. The van der Waals surface area contributed by atoms with E-state index in [2.05, 4.69) is 5.32 Å². The van der Waals surface area contributed by atoms with Crippen molar-refractivity contribution in [3.05, 3.63) is 33.8 Å². The molecular formula is C13H13Cl2NO3. The van der Waals surface area contributed by atoms with E-state index in [1.165, 1.54) is 0 Å². The van der Waals surface area contributed by atoms with Crippen molar-refractivity contribution in [2.24, 2.45) is 5.92 Å². The number of hydrogen-bond donors (Lipinski definition) is 2. The Bertz CT molecular complexity index is 519. The summed E-state index contributed by atoms with van der Waals surface area (Å²) in [4.78, 5) is 22.9. The maximum absolute atomic E-state index is 12.0. The molecule has 0 unspecified atom stereocenters. The van der Waals surface area contributed by atoms with Crippen molar-refractivity contribution in [2.45, 2.75) is 25.3 Å². The normalized spacial score (nSPS) is 22.2. The molecule has 4 nitrogen and oxygen atoms in total. The van der Waals surface area contributed by atoms with Gasteiger partial charge < -0.3 is 10.4 Å². The molecule has 1 fully saturated rings. The van der Waals surface area contributed by atoms with Crippen molar-refractivity contribution in [3.8, 4) is 0 Å². The predicted molar refractivity (Wildman–Crippen MR) is 72.7 cm³/mol. The first-order valence-electron chi connectivity index (χ1n) is 5.96. The fraction of sp³-hybridized carbons (Fsp3) is 0.385. The Labute approximate surface area is 120 Å². The van der Waals surface area contributed by atoms with E-state index in [4.69, 9.17) is 28.3 Å². The third-order valence-corrected chi connectivity index (χ3v) is 4.13. The minimum Gasteiger partial charge on any atom is -0.481 e. The molecule has 102 valence electrons. The first-order valence-corrected chi connectivity index (χ1v) is 6.72. The predicted octanol–water partition coefficient (Wildman–Crippen LogP) is 2.98. The van der Waals surface area contributed by atoms with E-state index in [0.717, 1.165) is 0 Å². The van der Waals surface area contributed by atoms with Crippen molar-refractivity contribution in [3.63, 3.8) is 0 Å². The van der Waals surface area contributed by atoms with Gasteiger partial charge in [-0.3, -0.25) is 9.59 Å². The first-order chi connectivity index (χ1) is 8.99. The lowest BCUT2D eigenvalue weighted by Gasteiger charge is -2.13. The molecule has 0 saturated heterocycles. The van der Waals surface area contributed by atoms with Crippen molar-refractivity contribution >= 4 is 35.1 Å². The summed E-state index contributed by atoms with van der Waals surface area (Å²) >= 11 is 11.8. The summed E-state index contributed by atoms with van der Waals surface area (Å²) in [6, 6.07) is 4.73. The van der Waals surface area contributed by atoms with Crippen molar-refractivity contribution in [2.75, 3.05) is 0 Å². The smallest absolute Gasteiger partial charge is 0.306 e. The number of rotatable bonds is 3. The van der Waals surface area contributed by atoms with Crippen LogP contribution in [0, 0.1) is 5.92 Å². The van der Waals surface area contributed by atoms with Gasteiger partial charge in [-0.2, -0.15) is 0 Å². The van der Waals surface area contributed by atoms with Crippen LogP contribution in [0.1, 0.15) is 29.6 Å². The molecule has 1 aliphatic rings. The highest BCUT2D eigenvalue weighted by Gasteiger charge is 2.31. The molecule has 2 rings (SSSR count). The zero-order valence-corrected chi connectivity index (χ0v) is 11.5. The molecule has 0 bridgehead atoms. The molecule has 0 spiro atoms. The number of carbonyl (C=O) groups excluding carboxylic acids is 1. The van der Waals surface area contributed by atoms with Crippen LogP contribution in [0.3, 0.4) is 0 Å². The van der Waals surface area contributed by atoms with E-state index >= 15 is 0 Å². The molecule has 2 atom stereocenters. The molecule has 1 saturated carbocycles. The zero-order chi connectivity index (χ0) is 14.0. The van der Waals surface area contributed by atoms with Crippen LogP contribution >= 0.6 is 23.2 Å². The SMILES string of the molecule is O=C(N[C@@H]1CC[C@H](C(=O)O)C1)c1cccc(Cl)c1Cl. The van der Waals surface area contributed by atoms with E-state index in [0.29, 0.717) is 29.8 Å². The van der Waals surface area contributed by atoms with Gasteiger partial charge in [-0.25, -0.2) is 0 Å². The molecule has 1 aromatic carbocycles. The number of carboxylic acids is 1. The Morgan fingerprint density at radius 1 is 1.26 bits per heavy atom. The van der Waals surface area contributed by atoms with Crippen molar-refractivity contribution in [1.29, 1.82) is 0 Å². The van der Waals surface area contributed by atoms with E-state index in [1.807, 2.05) is 0 Å². The third-order valence-electron chi connectivity index (χ3n) is 3.31. The highest BCUT2D eigenvalue weighted by atomic mass is 35.5. The third kappa shape index (κ3) is 3.19. The number of benzene rings is 1. The number of amides is 1. The Morgan fingerprint density at radius 3 is 2.63 bits per heavy atom. The maximum atomic E-state index is 12.0. The molecule has 19 heavy (non-hydrogen) atoms. The summed E-state index contributed by atoms with van der Waals surface area (Å²) in [7, 11) is 0. The Kier molecular flexibility index (Phi) is 4.32. The highest BCUT2D eigenvalue weighted by molar-refractivity contribution is 6.43. The molecule has 0 aromatic heterocycles. The topological polar surface area (TPSA) is 66.4 Å². The lowest BCUT2D eigenvalue weighted by Crippen LogP contribution is -2.33. The molecule has 0 radical (unpaired) electrons. The van der Waals surface area contributed by atoms with Crippen LogP contribution in [-0.2, 0) is 4.79 Å². The second-order valence-electron chi connectivity index (χ2n) is 4.62. The fourth-order valence-corrected chi connectivity index (χ4v) is 2.67. The lowest BCUT2D eigenvalue weighted by atomic mass is 10.1. The van der Waals surface area contributed by atoms with E-state index in [-0.39, 0.29) is 22.9 Å². The van der Waals surface area contributed by atoms with Gasteiger partial charge in [-0.15, -0.1) is 0 Å². The summed E-state index contributed by atoms with van der Waals surface area (Å²) in [6.07, 6.45) is 1.71. The van der Waals surface area contributed by atoms with Gasteiger partial charge in [0.2, 0.25) is 0 Å². The number of nitrogens with one attached hydrogen (secondary N) is 1. The minimum atomic E-state index is -0.808. The second-order valence-corrected chi connectivity index (χ2v) is 5.41. The quantitative estimate of drug-likeness (QED) is 0.902. The maximum Gasteiger partial charge on any atom is 0.306 e. The van der Waals surface area contributed by atoms with Crippen LogP contribution in [0.15, 0.2) is 18.2 Å². The van der Waals surface area contributed by atoms with Gasteiger partial charge in [-0.1, -0.05) is 29.3 Å². The molecule has 1 amide bonds. The molecule has 2 N–H and O–H groups in total. The zero-order valence-electron chi connectivity index (χ0n) is 10.0. The first kappa shape index (κ1) is 14.2. The summed E-state index contributed by atoms with van der Waals surface area (Å²) < 4.78 is 0. The van der Waals surface area contributed by atoms with Gasteiger partial charge in [0.15, 0.2) is 0 Å². The second kappa shape index (κ2) is 5.80. The number of carboxylic acid groups (broad SMARTS) is 1. The van der Waals surface area contributed by atoms with Gasteiger partial charge in [-0.05, 0) is 31.4 Å². The van der Waals surface area contributed by atoms with Crippen LogP contribution in [0.5, 0.6) is 0 Å². The molecule has 0 heterocycles. The Balaban J connectivity index is 2.02. The largest absolute Gasteiger partial charge is 0.481 e. The van der Waals surface area contributed by atoms with Crippen LogP contribution < -0.4 is 5.32 Å². The Morgan fingerprint density at radius 2 is 2.00 bits per heavy atom. The molecule has 6 heteroatoms. The van der Waals surface area contributed by atoms with Crippen molar-refractivity contribution in [1.82, 2.24) is 5.32 Å². The van der Waals surface area contributed by atoms with Crippen LogP contribution in [0.25, 0.3) is 0 Å². The Hall–Kier alpha value is -1.26. The fourth-order valence-electron chi connectivity index (χ4n) is 2.28. The standard InChI is InChI=1S/C13H13Cl2NO3/c14-10-3-1-2-9(11(10)15)12(17)16-8-5-4-7(6-8)13(18)19/h1-3,7-8H,4-6H2,(H,16,17)(H,18,19)/t7-,8+/m0/s1. The minimum absolute atomic E-state index is 0.122. The van der Waals surface area contributed by atoms with Gasteiger partial charge in [0.25, 0.3) is 5.91 Å².